The van der Waals surface area contributed by atoms with Crippen LogP contribution >= 0.6 is 59.1 Å². The number of nitrogens with zero attached hydrogens (tertiary/aromatic N) is 1. The van der Waals surface area contributed by atoms with E-state index in [2.05, 4.69) is 58.1 Å². The number of aryl methyl sites for hydroxylation is 1. The predicted octanol–water partition coefficient (Wildman–Crippen LogP) is 6.42. The fourth-order valence-electron chi connectivity index (χ4n) is 2.22. The highest BCUT2D eigenvalue weighted by Gasteiger charge is 2.13. The molecule has 0 unspecified atom stereocenters. The van der Waals surface area contributed by atoms with Crippen LogP contribution < -0.4 is 10.1 Å². The summed E-state index contributed by atoms with van der Waals surface area (Å²) >= 11 is 11.7. The highest BCUT2D eigenvalue weighted by molar-refractivity contribution is 9.11. The Morgan fingerprint density at radius 2 is 1.81 bits per heavy atom. The van der Waals surface area contributed by atoms with Crippen molar-refractivity contribution in [3.8, 4) is 17.0 Å². The zero-order chi connectivity index (χ0) is 18.7. The van der Waals surface area contributed by atoms with Crippen LogP contribution in [0.15, 0.2) is 55.9 Å². The second kappa shape index (κ2) is 8.65. The molecule has 0 aliphatic carbocycles. The molecule has 3 rings (SSSR count). The van der Waals surface area contributed by atoms with E-state index in [0.717, 1.165) is 29.6 Å². The lowest BCUT2D eigenvalue weighted by Crippen LogP contribution is -2.20. The fraction of sp³-hybridized carbons (Fsp3) is 0.111. The molecule has 0 spiro atoms. The predicted molar refractivity (Wildman–Crippen MR) is 116 cm³/mol. The third kappa shape index (κ3) is 4.94. The average molecular weight is 561 g/mol. The van der Waals surface area contributed by atoms with Crippen LogP contribution in [0.1, 0.15) is 4.88 Å². The number of benzene rings is 2. The number of nitrogens with one attached hydrogen (secondary N) is 1. The van der Waals surface area contributed by atoms with Crippen molar-refractivity contribution in [2.75, 3.05) is 11.9 Å². The fourth-order valence-corrected chi connectivity index (χ4v) is 4.49. The van der Waals surface area contributed by atoms with Crippen LogP contribution in [-0.2, 0) is 4.79 Å². The summed E-state index contributed by atoms with van der Waals surface area (Å²) in [6.07, 6.45) is 0. The molecule has 4 nitrogen and oxygen atoms in total. The van der Waals surface area contributed by atoms with Gasteiger partial charge in [-0.1, -0.05) is 44.0 Å². The summed E-state index contributed by atoms with van der Waals surface area (Å²) < 4.78 is 8.28. The number of thiazole rings is 1. The van der Waals surface area contributed by atoms with E-state index in [1.807, 2.05) is 43.3 Å². The smallest absolute Gasteiger partial charge is 0.264 e. The van der Waals surface area contributed by atoms with Crippen LogP contribution in [0.5, 0.6) is 5.75 Å². The van der Waals surface area contributed by atoms with E-state index < -0.39 is 0 Å². The Morgan fingerprint density at radius 3 is 2.50 bits per heavy atom. The SMILES string of the molecule is Cc1sc(NC(=O)COc2ccc(Br)cc2Br)nc1-c1ccc(Br)cc1. The summed E-state index contributed by atoms with van der Waals surface area (Å²) in [5, 5.41) is 3.35. The van der Waals surface area contributed by atoms with E-state index >= 15 is 0 Å². The van der Waals surface area contributed by atoms with Gasteiger partial charge in [0.05, 0.1) is 10.2 Å². The largest absolute Gasteiger partial charge is 0.483 e. The summed E-state index contributed by atoms with van der Waals surface area (Å²) in [5.74, 6) is 0.352. The molecule has 0 bridgehead atoms. The normalized spacial score (nSPS) is 10.6. The molecule has 3 aromatic rings. The van der Waals surface area contributed by atoms with Crippen molar-refractivity contribution in [2.24, 2.45) is 0 Å². The summed E-state index contributed by atoms with van der Waals surface area (Å²) in [6.45, 7) is 1.90. The van der Waals surface area contributed by atoms with E-state index in [0.29, 0.717) is 10.9 Å². The first-order valence-corrected chi connectivity index (χ1v) is 10.7. The summed E-state index contributed by atoms with van der Waals surface area (Å²) in [6, 6.07) is 13.4. The van der Waals surface area contributed by atoms with Crippen molar-refractivity contribution in [1.29, 1.82) is 0 Å². The monoisotopic (exact) mass is 558 g/mol. The highest BCUT2D eigenvalue weighted by Crippen LogP contribution is 2.31. The molecule has 134 valence electrons. The molecule has 0 aliphatic rings. The number of anilines is 1. The Bertz CT molecular complexity index is 942. The molecule has 0 aliphatic heterocycles. The van der Waals surface area contributed by atoms with Gasteiger partial charge in [-0.2, -0.15) is 0 Å². The number of carbonyl (C=O) groups is 1. The quantitative estimate of drug-likeness (QED) is 0.391. The van der Waals surface area contributed by atoms with Crippen molar-refractivity contribution < 1.29 is 9.53 Å². The van der Waals surface area contributed by atoms with Crippen molar-refractivity contribution >= 4 is 70.2 Å². The third-order valence-electron chi connectivity index (χ3n) is 3.41. The second-order valence-corrected chi connectivity index (χ2v) is 9.23. The van der Waals surface area contributed by atoms with Crippen molar-refractivity contribution in [3.05, 3.63) is 60.8 Å². The third-order valence-corrected chi connectivity index (χ3v) is 5.94. The molecule has 0 fully saturated rings. The highest BCUT2D eigenvalue weighted by atomic mass is 79.9. The first kappa shape index (κ1) is 19.5. The topological polar surface area (TPSA) is 51.2 Å². The van der Waals surface area contributed by atoms with Gasteiger partial charge in [0.1, 0.15) is 5.75 Å². The lowest BCUT2D eigenvalue weighted by molar-refractivity contribution is -0.118. The van der Waals surface area contributed by atoms with Crippen LogP contribution in [-0.4, -0.2) is 17.5 Å². The maximum absolute atomic E-state index is 12.2. The number of carbonyl (C=O) groups excluding carboxylic acids is 1. The molecule has 1 aromatic heterocycles. The lowest BCUT2D eigenvalue weighted by Gasteiger charge is -2.08. The Morgan fingerprint density at radius 1 is 1.12 bits per heavy atom. The van der Waals surface area contributed by atoms with Crippen molar-refractivity contribution in [1.82, 2.24) is 4.98 Å². The molecule has 8 heteroatoms. The molecule has 26 heavy (non-hydrogen) atoms. The van der Waals surface area contributed by atoms with Gasteiger partial charge < -0.3 is 4.74 Å². The van der Waals surface area contributed by atoms with E-state index in [1.165, 1.54) is 11.3 Å². The minimum atomic E-state index is -0.254. The van der Waals surface area contributed by atoms with Crippen LogP contribution in [0.2, 0.25) is 0 Å². The van der Waals surface area contributed by atoms with Gasteiger partial charge in [-0.3, -0.25) is 10.1 Å². The summed E-state index contributed by atoms with van der Waals surface area (Å²) in [5.41, 5.74) is 1.88. The summed E-state index contributed by atoms with van der Waals surface area (Å²) in [4.78, 5) is 17.7. The number of hydrogen-bond acceptors (Lipinski definition) is 4. The molecule has 0 atom stereocenters. The first-order chi connectivity index (χ1) is 12.4. The Kier molecular flexibility index (Phi) is 6.50. The standard InChI is InChI=1S/C18H13Br3N2O2S/c1-10-17(11-2-4-12(19)5-3-11)23-18(26-10)22-16(24)9-25-15-7-6-13(20)8-14(15)21/h2-8H,9H2,1H3,(H,22,23,24). The Balaban J connectivity index is 1.64. The van der Waals surface area contributed by atoms with Gasteiger partial charge in [0, 0.05) is 19.4 Å². The van der Waals surface area contributed by atoms with Gasteiger partial charge in [-0.15, -0.1) is 11.3 Å². The van der Waals surface area contributed by atoms with Crippen molar-refractivity contribution in [3.63, 3.8) is 0 Å². The maximum Gasteiger partial charge on any atom is 0.264 e. The average Bonchev–Trinajstić information content (AvgIpc) is 2.95. The van der Waals surface area contributed by atoms with E-state index in [-0.39, 0.29) is 12.5 Å². The minimum Gasteiger partial charge on any atom is -0.483 e. The molecular weight excluding hydrogens is 548 g/mol. The Labute approximate surface area is 180 Å². The molecule has 1 amide bonds. The van der Waals surface area contributed by atoms with Crippen LogP contribution in [0, 0.1) is 6.92 Å². The molecule has 2 aromatic carbocycles. The number of aromatic nitrogens is 1. The number of rotatable bonds is 5. The van der Waals surface area contributed by atoms with Crippen LogP contribution in [0.25, 0.3) is 11.3 Å². The molecule has 1 N–H and O–H groups in total. The molecule has 0 saturated carbocycles. The first-order valence-electron chi connectivity index (χ1n) is 7.53. The van der Waals surface area contributed by atoms with E-state index in [9.17, 15) is 4.79 Å². The van der Waals surface area contributed by atoms with E-state index in [1.54, 1.807) is 6.07 Å². The molecule has 0 saturated heterocycles. The zero-order valence-electron chi connectivity index (χ0n) is 13.6. The van der Waals surface area contributed by atoms with Gasteiger partial charge >= 0.3 is 0 Å². The van der Waals surface area contributed by atoms with Gasteiger partial charge in [0.15, 0.2) is 11.7 Å². The number of hydrogen-bond donors (Lipinski definition) is 1. The number of halogens is 3. The molecule has 1 heterocycles. The van der Waals surface area contributed by atoms with Gasteiger partial charge in [0.2, 0.25) is 0 Å². The Hall–Kier alpha value is -1.22. The van der Waals surface area contributed by atoms with Crippen LogP contribution in [0.4, 0.5) is 5.13 Å². The van der Waals surface area contributed by atoms with Gasteiger partial charge in [0.25, 0.3) is 5.91 Å². The second-order valence-electron chi connectivity index (χ2n) is 5.34. The number of ether oxygens (including phenoxy) is 1. The minimum absolute atomic E-state index is 0.0908. The molecule has 0 radical (unpaired) electrons. The van der Waals surface area contributed by atoms with E-state index in [4.69, 9.17) is 4.74 Å². The van der Waals surface area contributed by atoms with Crippen LogP contribution in [0.3, 0.4) is 0 Å². The molecular formula is C18H13Br3N2O2S. The van der Waals surface area contributed by atoms with Gasteiger partial charge in [-0.25, -0.2) is 4.98 Å². The zero-order valence-corrected chi connectivity index (χ0v) is 19.1. The lowest BCUT2D eigenvalue weighted by atomic mass is 10.1. The maximum atomic E-state index is 12.2. The number of amides is 1. The van der Waals surface area contributed by atoms with Crippen molar-refractivity contribution in [2.45, 2.75) is 6.92 Å². The summed E-state index contributed by atoms with van der Waals surface area (Å²) in [7, 11) is 0. The van der Waals surface area contributed by atoms with Gasteiger partial charge in [-0.05, 0) is 53.2 Å².